The predicted molar refractivity (Wildman–Crippen MR) is 125 cm³/mol. The van der Waals surface area contributed by atoms with Gasteiger partial charge in [0, 0.05) is 23.7 Å². The van der Waals surface area contributed by atoms with E-state index in [1.807, 2.05) is 30.3 Å². The van der Waals surface area contributed by atoms with Gasteiger partial charge in [0.15, 0.2) is 0 Å². The van der Waals surface area contributed by atoms with Crippen molar-refractivity contribution in [3.05, 3.63) is 65.2 Å². The second-order valence-corrected chi connectivity index (χ2v) is 10.8. The molecule has 34 heavy (non-hydrogen) atoms. The molecule has 0 unspecified atom stereocenters. The zero-order valence-corrected chi connectivity index (χ0v) is 19.8. The summed E-state index contributed by atoms with van der Waals surface area (Å²) in [6, 6.07) is 13.4. The first-order chi connectivity index (χ1) is 16.2. The zero-order valence-electron chi connectivity index (χ0n) is 18.9. The van der Waals surface area contributed by atoms with Gasteiger partial charge in [-0.3, -0.25) is 0 Å². The van der Waals surface area contributed by atoms with Crippen molar-refractivity contribution in [1.82, 2.24) is 10.0 Å². The van der Waals surface area contributed by atoms with E-state index in [0.29, 0.717) is 37.1 Å². The van der Waals surface area contributed by atoms with E-state index in [9.17, 15) is 21.6 Å². The quantitative estimate of drug-likeness (QED) is 0.476. The molecule has 4 atom stereocenters. The molecule has 3 N–H and O–H groups in total. The largest absolute Gasteiger partial charge is 0.416 e. The highest BCUT2D eigenvalue weighted by atomic mass is 32.2. The molecular weight excluding hydrogens is 467 g/mol. The third-order valence-corrected chi connectivity index (χ3v) is 7.94. The molecule has 2 aromatic rings. The van der Waals surface area contributed by atoms with Gasteiger partial charge >= 0.3 is 6.18 Å². The Bertz CT molecular complexity index is 1080. The number of rotatable bonds is 8. The van der Waals surface area contributed by atoms with Crippen molar-refractivity contribution in [3.8, 4) is 0 Å². The monoisotopic (exact) mass is 497 g/mol. The Labute approximate surface area is 198 Å². The van der Waals surface area contributed by atoms with E-state index in [0.717, 1.165) is 17.7 Å². The fourth-order valence-electron chi connectivity index (χ4n) is 4.80. The Kier molecular flexibility index (Phi) is 7.51. The van der Waals surface area contributed by atoms with Crippen LogP contribution in [0, 0.1) is 5.92 Å². The molecular formula is C24H30F3N3O3S. The van der Waals surface area contributed by atoms with Gasteiger partial charge in [-0.25, -0.2) is 13.1 Å². The van der Waals surface area contributed by atoms with Crippen LogP contribution in [0.1, 0.15) is 48.1 Å². The molecule has 0 amide bonds. The second-order valence-electron chi connectivity index (χ2n) is 8.88. The Morgan fingerprint density at radius 2 is 1.88 bits per heavy atom. The van der Waals surface area contributed by atoms with Crippen LogP contribution in [0.25, 0.3) is 0 Å². The van der Waals surface area contributed by atoms with Gasteiger partial charge in [-0.1, -0.05) is 30.3 Å². The Balaban J connectivity index is 1.57. The number of sulfonamides is 1. The van der Waals surface area contributed by atoms with E-state index >= 15 is 0 Å². The maximum atomic E-state index is 13.4. The van der Waals surface area contributed by atoms with Crippen LogP contribution in [0.15, 0.2) is 48.5 Å². The van der Waals surface area contributed by atoms with Crippen molar-refractivity contribution in [1.29, 1.82) is 0 Å². The first-order valence-electron chi connectivity index (χ1n) is 11.5. The number of fused-ring (bicyclic) bond motifs is 3. The van der Waals surface area contributed by atoms with Gasteiger partial charge in [0.1, 0.15) is 0 Å². The molecule has 1 saturated heterocycles. The van der Waals surface area contributed by atoms with E-state index < -0.39 is 34.0 Å². The lowest BCUT2D eigenvalue weighted by atomic mass is 9.76. The molecule has 2 aliphatic heterocycles. The molecule has 2 aliphatic rings. The minimum atomic E-state index is -4.46. The van der Waals surface area contributed by atoms with Crippen LogP contribution >= 0.6 is 0 Å². The summed E-state index contributed by atoms with van der Waals surface area (Å²) in [5.74, 6) is -0.0772. The highest BCUT2D eigenvalue weighted by Crippen LogP contribution is 2.51. The minimum Gasteiger partial charge on any atom is -0.378 e. The summed E-state index contributed by atoms with van der Waals surface area (Å²) in [6.45, 7) is 0.694. The molecule has 0 radical (unpaired) electrons. The molecule has 0 spiro atoms. The summed E-state index contributed by atoms with van der Waals surface area (Å²) < 4.78 is 73.8. The number of alkyl halides is 3. The van der Waals surface area contributed by atoms with Gasteiger partial charge in [-0.2, -0.15) is 13.2 Å². The minimum absolute atomic E-state index is 0.00436. The van der Waals surface area contributed by atoms with Gasteiger partial charge in [0.2, 0.25) is 10.0 Å². The van der Waals surface area contributed by atoms with Crippen molar-refractivity contribution in [2.24, 2.45) is 5.92 Å². The Hall–Kier alpha value is -2.14. The van der Waals surface area contributed by atoms with E-state index in [4.69, 9.17) is 4.74 Å². The normalized spacial score (nSPS) is 24.7. The molecule has 4 rings (SSSR count). The maximum Gasteiger partial charge on any atom is 0.416 e. The molecule has 1 fully saturated rings. The van der Waals surface area contributed by atoms with Gasteiger partial charge in [0.25, 0.3) is 0 Å². The molecule has 2 heterocycles. The summed E-state index contributed by atoms with van der Waals surface area (Å²) in [4.78, 5) is 0. The van der Waals surface area contributed by atoms with E-state index in [1.165, 1.54) is 6.07 Å². The lowest BCUT2D eigenvalue weighted by molar-refractivity contribution is -0.138. The third-order valence-electron chi connectivity index (χ3n) is 6.50. The van der Waals surface area contributed by atoms with Crippen molar-refractivity contribution in [2.75, 3.05) is 31.2 Å². The first kappa shape index (κ1) is 25.0. The maximum absolute atomic E-state index is 13.4. The summed E-state index contributed by atoms with van der Waals surface area (Å²) in [6.07, 6.45) is -3.66. The van der Waals surface area contributed by atoms with Crippen LogP contribution in [0.5, 0.6) is 0 Å². The van der Waals surface area contributed by atoms with Crippen LogP contribution in [0.3, 0.4) is 0 Å². The van der Waals surface area contributed by atoms with Crippen molar-refractivity contribution < 1.29 is 26.3 Å². The van der Waals surface area contributed by atoms with Crippen LogP contribution < -0.4 is 15.4 Å². The molecule has 0 saturated carbocycles. The number of anilines is 1. The van der Waals surface area contributed by atoms with E-state index in [2.05, 4.69) is 15.4 Å². The number of halogens is 3. The van der Waals surface area contributed by atoms with Crippen LogP contribution in [0.4, 0.5) is 18.9 Å². The molecule has 186 valence electrons. The van der Waals surface area contributed by atoms with E-state index in [1.54, 1.807) is 7.05 Å². The van der Waals surface area contributed by atoms with Crippen LogP contribution in [-0.2, 0) is 20.9 Å². The van der Waals surface area contributed by atoms with Gasteiger partial charge in [-0.05, 0) is 56.6 Å². The summed E-state index contributed by atoms with van der Waals surface area (Å²) in [5.41, 5.74) is 1.39. The van der Waals surface area contributed by atoms with Crippen molar-refractivity contribution in [3.63, 3.8) is 0 Å². The van der Waals surface area contributed by atoms with Gasteiger partial charge in [0.05, 0.1) is 29.6 Å². The number of hydrogen-bond donors (Lipinski definition) is 3. The molecule has 0 aliphatic carbocycles. The fourth-order valence-corrected chi connectivity index (χ4v) is 5.91. The Morgan fingerprint density at radius 3 is 2.59 bits per heavy atom. The molecule has 10 heteroatoms. The summed E-state index contributed by atoms with van der Waals surface area (Å²) in [5, 5.41) is 6.34. The topological polar surface area (TPSA) is 79.5 Å². The highest BCUT2D eigenvalue weighted by Gasteiger charge is 2.43. The molecule has 0 bridgehead atoms. The van der Waals surface area contributed by atoms with Crippen LogP contribution in [-0.4, -0.2) is 40.4 Å². The lowest BCUT2D eigenvalue weighted by Crippen LogP contribution is -2.43. The number of nitrogens with one attached hydrogen (secondary N) is 3. The zero-order chi connectivity index (χ0) is 24.3. The summed E-state index contributed by atoms with van der Waals surface area (Å²) in [7, 11) is -1.69. The molecule has 6 nitrogen and oxygen atoms in total. The van der Waals surface area contributed by atoms with Crippen molar-refractivity contribution >= 4 is 15.7 Å². The van der Waals surface area contributed by atoms with Crippen LogP contribution in [0.2, 0.25) is 0 Å². The molecule has 0 aromatic heterocycles. The smallest absolute Gasteiger partial charge is 0.378 e. The average molecular weight is 498 g/mol. The summed E-state index contributed by atoms with van der Waals surface area (Å²) >= 11 is 0. The average Bonchev–Trinajstić information content (AvgIpc) is 2.82. The van der Waals surface area contributed by atoms with Gasteiger partial charge < -0.3 is 15.4 Å². The standard InChI is InChI=1S/C24H30F3N3O3S/c1-28-12-5-13-34(31,32)29-15-18-9-10-19-22(16-6-3-2-4-7-16)30-21-11-8-17(24(25,26)27)14-20(21)23(19)33-18/h2-4,6-8,11,14,18-19,22-23,28-30H,5,9-10,12-13,15H2,1H3/t18-,19+,22+,23+/m1/s1. The number of ether oxygens (including phenoxy) is 1. The number of hydrogen-bond acceptors (Lipinski definition) is 5. The van der Waals surface area contributed by atoms with Gasteiger partial charge in [-0.15, -0.1) is 0 Å². The second kappa shape index (κ2) is 10.2. The lowest BCUT2D eigenvalue weighted by Gasteiger charge is -2.46. The fraction of sp³-hybridized carbons (Fsp3) is 0.500. The SMILES string of the molecule is CNCCCS(=O)(=O)NC[C@H]1CC[C@@H]2[C@H](O1)c1cc(C(F)(F)F)ccc1N[C@H]2c1ccccc1. The first-order valence-corrected chi connectivity index (χ1v) is 13.1. The third kappa shape index (κ3) is 5.73. The van der Waals surface area contributed by atoms with E-state index in [-0.39, 0.29) is 24.3 Å². The predicted octanol–water partition coefficient (Wildman–Crippen LogP) is 4.24. The van der Waals surface area contributed by atoms with Crippen molar-refractivity contribution in [2.45, 2.75) is 43.7 Å². The Morgan fingerprint density at radius 1 is 1.12 bits per heavy atom. The number of benzene rings is 2. The highest BCUT2D eigenvalue weighted by molar-refractivity contribution is 7.89. The molecule has 2 aromatic carbocycles.